The van der Waals surface area contributed by atoms with Gasteiger partial charge in [-0.05, 0) is 64.2 Å². The second kappa shape index (κ2) is 34.1. The molecule has 0 bridgehead atoms. The molecule has 1 unspecified atom stereocenters. The van der Waals surface area contributed by atoms with Crippen LogP contribution in [0.15, 0.2) is 24.3 Å². The van der Waals surface area contributed by atoms with Crippen molar-refractivity contribution in [3.8, 4) is 0 Å². The highest BCUT2D eigenvalue weighted by molar-refractivity contribution is 5.69. The Balaban J connectivity index is 2.12. The SMILES string of the molecule is CCCCCCCC/C=C/CCCCCCCC(=O)OC[C@H]1OC(OC)[C@H](OC(=O)CCCCCCC/C=C/CCCCCCCC)[C@@H](O)[C@@H]1O. The van der Waals surface area contributed by atoms with Gasteiger partial charge in [-0.2, -0.15) is 0 Å². The molecule has 1 saturated heterocycles. The summed E-state index contributed by atoms with van der Waals surface area (Å²) in [6.07, 6.45) is 34.5. The maximum absolute atomic E-state index is 12.5. The molecule has 0 spiro atoms. The summed E-state index contributed by atoms with van der Waals surface area (Å²) >= 11 is 0. The number of carbonyl (C=O) groups is 2. The Kier molecular flexibility index (Phi) is 31.6. The number of aliphatic hydroxyl groups excluding tert-OH is 2. The number of methoxy groups -OCH3 is 1. The number of aliphatic hydroxyl groups is 2. The first kappa shape index (κ1) is 47.3. The Morgan fingerprint density at radius 3 is 1.37 bits per heavy atom. The summed E-state index contributed by atoms with van der Waals surface area (Å²) in [7, 11) is 1.38. The van der Waals surface area contributed by atoms with Crippen LogP contribution < -0.4 is 0 Å². The van der Waals surface area contributed by atoms with Crippen molar-refractivity contribution in [3.05, 3.63) is 24.3 Å². The largest absolute Gasteiger partial charge is 0.463 e. The Morgan fingerprint density at radius 2 is 0.941 bits per heavy atom. The smallest absolute Gasteiger partial charge is 0.306 e. The molecule has 0 aromatic carbocycles. The van der Waals surface area contributed by atoms with Crippen molar-refractivity contribution in [1.29, 1.82) is 0 Å². The van der Waals surface area contributed by atoms with E-state index >= 15 is 0 Å². The average molecular weight is 723 g/mol. The van der Waals surface area contributed by atoms with Gasteiger partial charge in [-0.1, -0.05) is 141 Å². The molecule has 1 aliphatic heterocycles. The molecule has 1 fully saturated rings. The fourth-order valence-electron chi connectivity index (χ4n) is 6.50. The van der Waals surface area contributed by atoms with E-state index in [-0.39, 0.29) is 19.0 Å². The number of hydrogen-bond acceptors (Lipinski definition) is 8. The molecular weight excluding hydrogens is 644 g/mol. The van der Waals surface area contributed by atoms with Crippen molar-refractivity contribution in [1.82, 2.24) is 0 Å². The van der Waals surface area contributed by atoms with Crippen LogP contribution in [0, 0.1) is 0 Å². The molecule has 0 radical (unpaired) electrons. The second-order valence-electron chi connectivity index (χ2n) is 14.6. The maximum atomic E-state index is 12.5. The van der Waals surface area contributed by atoms with Crippen molar-refractivity contribution in [3.63, 3.8) is 0 Å². The van der Waals surface area contributed by atoms with Gasteiger partial charge in [0.15, 0.2) is 12.4 Å². The van der Waals surface area contributed by atoms with Crippen LogP contribution >= 0.6 is 0 Å². The lowest BCUT2D eigenvalue weighted by Crippen LogP contribution is -2.60. The third-order valence-corrected chi connectivity index (χ3v) is 9.84. The number of hydrogen-bond donors (Lipinski definition) is 2. The Labute approximate surface area is 312 Å². The van der Waals surface area contributed by atoms with Gasteiger partial charge in [0.25, 0.3) is 0 Å². The molecule has 298 valence electrons. The molecule has 1 heterocycles. The molecular formula is C43H78O8. The normalized spacial score (nSPS) is 20.8. The van der Waals surface area contributed by atoms with Crippen molar-refractivity contribution >= 4 is 11.9 Å². The summed E-state index contributed by atoms with van der Waals surface area (Å²) in [6.45, 7) is 4.29. The van der Waals surface area contributed by atoms with Crippen molar-refractivity contribution in [2.24, 2.45) is 0 Å². The predicted octanol–water partition coefficient (Wildman–Crippen LogP) is 10.6. The van der Waals surface area contributed by atoms with E-state index < -0.39 is 36.7 Å². The van der Waals surface area contributed by atoms with E-state index in [0.717, 1.165) is 64.2 Å². The van der Waals surface area contributed by atoms with Crippen LogP contribution in [0.5, 0.6) is 0 Å². The lowest BCUT2D eigenvalue weighted by atomic mass is 9.99. The molecule has 5 atom stereocenters. The van der Waals surface area contributed by atoms with Gasteiger partial charge in [-0.3, -0.25) is 9.59 Å². The second-order valence-corrected chi connectivity index (χ2v) is 14.6. The highest BCUT2D eigenvalue weighted by atomic mass is 16.7. The summed E-state index contributed by atoms with van der Waals surface area (Å²) in [4.78, 5) is 24.8. The van der Waals surface area contributed by atoms with Gasteiger partial charge in [0.05, 0.1) is 0 Å². The van der Waals surface area contributed by atoms with Gasteiger partial charge in [-0.25, -0.2) is 0 Å². The zero-order chi connectivity index (χ0) is 37.2. The van der Waals surface area contributed by atoms with Crippen LogP contribution in [0.1, 0.15) is 194 Å². The Morgan fingerprint density at radius 1 is 0.549 bits per heavy atom. The van der Waals surface area contributed by atoms with E-state index in [1.807, 2.05) is 0 Å². The van der Waals surface area contributed by atoms with Gasteiger partial charge in [-0.15, -0.1) is 0 Å². The van der Waals surface area contributed by atoms with E-state index in [1.54, 1.807) is 0 Å². The standard InChI is InChI=1S/C43H78O8/c1-4-6-8-10-12-14-16-18-20-22-24-26-28-30-32-34-38(44)49-36-37-40(46)41(47)42(43(48-3)50-37)51-39(45)35-33-31-29-27-25-23-21-19-17-15-13-11-9-7-5-2/h18-21,37,40-43,46-47H,4-17,22-36H2,1-3H3/b20-18+,21-19+/t37-,40-,41+,42-,43?/m1/s1. The van der Waals surface area contributed by atoms with Crippen LogP contribution in [0.25, 0.3) is 0 Å². The molecule has 1 aliphatic rings. The molecule has 1 rings (SSSR count). The fourth-order valence-corrected chi connectivity index (χ4v) is 6.50. The molecule has 0 aliphatic carbocycles. The minimum Gasteiger partial charge on any atom is -0.463 e. The maximum Gasteiger partial charge on any atom is 0.306 e. The van der Waals surface area contributed by atoms with Gasteiger partial charge in [0, 0.05) is 20.0 Å². The highest BCUT2D eigenvalue weighted by Gasteiger charge is 2.47. The Hall–Kier alpha value is -1.74. The van der Waals surface area contributed by atoms with Crippen molar-refractivity contribution < 1.29 is 38.7 Å². The van der Waals surface area contributed by atoms with E-state index in [9.17, 15) is 19.8 Å². The van der Waals surface area contributed by atoms with Gasteiger partial charge >= 0.3 is 11.9 Å². The first-order chi connectivity index (χ1) is 24.9. The first-order valence-electron chi connectivity index (χ1n) is 21.1. The van der Waals surface area contributed by atoms with Crippen molar-refractivity contribution in [2.75, 3.05) is 13.7 Å². The predicted molar refractivity (Wildman–Crippen MR) is 207 cm³/mol. The van der Waals surface area contributed by atoms with E-state index in [2.05, 4.69) is 38.2 Å². The number of unbranched alkanes of at least 4 members (excludes halogenated alkanes) is 22. The molecule has 0 saturated carbocycles. The highest BCUT2D eigenvalue weighted by Crippen LogP contribution is 2.25. The number of esters is 2. The zero-order valence-corrected chi connectivity index (χ0v) is 33.0. The molecule has 8 heteroatoms. The third-order valence-electron chi connectivity index (χ3n) is 9.84. The van der Waals surface area contributed by atoms with Gasteiger partial charge < -0.3 is 29.2 Å². The summed E-state index contributed by atoms with van der Waals surface area (Å²) in [5, 5.41) is 21.4. The first-order valence-corrected chi connectivity index (χ1v) is 21.1. The molecule has 2 N–H and O–H groups in total. The van der Waals surface area contributed by atoms with Crippen LogP contribution in [0.3, 0.4) is 0 Å². The monoisotopic (exact) mass is 723 g/mol. The zero-order valence-electron chi connectivity index (χ0n) is 33.0. The topological polar surface area (TPSA) is 112 Å². The molecule has 51 heavy (non-hydrogen) atoms. The van der Waals surface area contributed by atoms with E-state index in [1.165, 1.54) is 103 Å². The van der Waals surface area contributed by atoms with Crippen molar-refractivity contribution in [2.45, 2.75) is 224 Å². The number of allylic oxidation sites excluding steroid dienone is 4. The number of carbonyl (C=O) groups excluding carboxylic acids is 2. The summed E-state index contributed by atoms with van der Waals surface area (Å²) in [5.74, 6) is -0.820. The van der Waals surface area contributed by atoms with Crippen LogP contribution in [-0.2, 0) is 28.5 Å². The summed E-state index contributed by atoms with van der Waals surface area (Å²) in [6, 6.07) is 0. The lowest BCUT2D eigenvalue weighted by Gasteiger charge is -2.41. The quantitative estimate of drug-likeness (QED) is 0.0384. The fraction of sp³-hybridized carbons (Fsp3) is 0.860. The summed E-state index contributed by atoms with van der Waals surface area (Å²) < 4.78 is 21.9. The molecule has 8 nitrogen and oxygen atoms in total. The molecule has 0 aromatic rings. The van der Waals surface area contributed by atoms with Crippen LogP contribution in [0.2, 0.25) is 0 Å². The number of rotatable bonds is 34. The molecule has 0 amide bonds. The van der Waals surface area contributed by atoms with Crippen LogP contribution in [-0.4, -0.2) is 66.6 Å². The lowest BCUT2D eigenvalue weighted by molar-refractivity contribution is -0.298. The number of ether oxygens (including phenoxy) is 4. The Bertz CT molecular complexity index is 870. The van der Waals surface area contributed by atoms with E-state index in [0.29, 0.717) is 12.8 Å². The van der Waals surface area contributed by atoms with Gasteiger partial charge in [0.1, 0.15) is 24.9 Å². The molecule has 0 aromatic heterocycles. The average Bonchev–Trinajstić information content (AvgIpc) is 3.13. The van der Waals surface area contributed by atoms with E-state index in [4.69, 9.17) is 18.9 Å². The summed E-state index contributed by atoms with van der Waals surface area (Å²) in [5.41, 5.74) is 0. The minimum atomic E-state index is -1.42. The minimum absolute atomic E-state index is 0.211. The van der Waals surface area contributed by atoms with Crippen LogP contribution in [0.4, 0.5) is 0 Å². The third kappa shape index (κ3) is 25.8. The van der Waals surface area contributed by atoms with Gasteiger partial charge in [0.2, 0.25) is 0 Å².